The Hall–Kier alpha value is -0.0669. The van der Waals surface area contributed by atoms with Crippen LogP contribution in [0.15, 0.2) is 57.4 Å². The Morgan fingerprint density at radius 3 is 2.14 bits per heavy atom. The van der Waals surface area contributed by atoms with Gasteiger partial charge in [0, 0.05) is 0 Å². The average molecular weight is 417 g/mol. The molecule has 0 spiro atoms. The first-order valence-corrected chi connectivity index (χ1v) is 7.54. The fourth-order valence-corrected chi connectivity index (χ4v) is 3.23. The van der Waals surface area contributed by atoms with Crippen LogP contribution in [0.25, 0.3) is 16.3 Å². The first-order chi connectivity index (χ1) is 8.68. The Balaban J connectivity index is 0.00000133. The second-order valence-electron chi connectivity index (χ2n) is 4.93. The van der Waals surface area contributed by atoms with Crippen LogP contribution in [0.2, 0.25) is 0 Å². The van der Waals surface area contributed by atoms with Crippen molar-refractivity contribution in [1.82, 2.24) is 0 Å². The number of benzene rings is 2. The summed E-state index contributed by atoms with van der Waals surface area (Å²) < 4.78 is 1.59. The maximum atomic E-state index is 2.42. The Morgan fingerprint density at radius 2 is 1.52 bits per heavy atom. The van der Waals surface area contributed by atoms with E-state index in [0.29, 0.717) is 5.92 Å². The second kappa shape index (κ2) is 8.54. The summed E-state index contributed by atoms with van der Waals surface area (Å²) in [4.78, 5) is 0. The van der Waals surface area contributed by atoms with E-state index < -0.39 is 0 Å². The molecule has 21 heavy (non-hydrogen) atoms. The average Bonchev–Trinajstić information content (AvgIpc) is 2.66. The molecule has 2 aromatic rings. The van der Waals surface area contributed by atoms with Crippen molar-refractivity contribution in [3.05, 3.63) is 63.0 Å². The third kappa shape index (κ3) is 3.83. The molecule has 2 aromatic carbocycles. The molecule has 0 heterocycles. The largest absolute Gasteiger partial charge is 1.00 e. The van der Waals surface area contributed by atoms with E-state index in [4.69, 9.17) is 0 Å². The van der Waals surface area contributed by atoms with Crippen molar-refractivity contribution >= 4 is 16.3 Å². The molecule has 0 bridgehead atoms. The molecule has 0 radical (unpaired) electrons. The molecule has 1 atom stereocenters. The van der Waals surface area contributed by atoms with Gasteiger partial charge in [0.1, 0.15) is 0 Å². The minimum Gasteiger partial charge on any atom is -1.00 e. The van der Waals surface area contributed by atoms with Crippen molar-refractivity contribution < 1.29 is 61.9 Å². The van der Waals surface area contributed by atoms with Gasteiger partial charge >= 0.3 is 124 Å². The molecular weight excluding hydrogens is 402 g/mol. The first kappa shape index (κ1) is 20.9. The van der Waals surface area contributed by atoms with Crippen LogP contribution in [0.3, 0.4) is 0 Å². The van der Waals surface area contributed by atoms with E-state index in [9.17, 15) is 0 Å². The summed E-state index contributed by atoms with van der Waals surface area (Å²) in [5.74, 6) is 0.608. The van der Waals surface area contributed by atoms with Crippen LogP contribution in [-0.2, 0) is 24.7 Å². The second-order valence-corrected chi connectivity index (χ2v) is 6.26. The molecule has 108 valence electrons. The van der Waals surface area contributed by atoms with E-state index in [0.717, 1.165) is 0 Å². The van der Waals surface area contributed by atoms with E-state index in [-0.39, 0.29) is 37.2 Å². The summed E-state index contributed by atoms with van der Waals surface area (Å²) in [6.45, 7) is 4.56. The van der Waals surface area contributed by atoms with Gasteiger partial charge in [0.15, 0.2) is 0 Å². The summed E-state index contributed by atoms with van der Waals surface area (Å²) in [6, 6.07) is 15.3. The van der Waals surface area contributed by atoms with E-state index in [1.54, 1.807) is 28.0 Å². The molecule has 0 saturated carbocycles. The van der Waals surface area contributed by atoms with E-state index in [2.05, 4.69) is 62.4 Å². The van der Waals surface area contributed by atoms with Crippen LogP contribution in [0, 0.1) is 5.92 Å². The summed E-state index contributed by atoms with van der Waals surface area (Å²) in [6.07, 6.45) is 2.42. The smallest absolute Gasteiger partial charge is 1.00 e. The predicted molar refractivity (Wildman–Crippen MR) is 73.8 cm³/mol. The molecule has 1 unspecified atom stereocenters. The topological polar surface area (TPSA) is 0 Å². The zero-order chi connectivity index (χ0) is 12.7. The Morgan fingerprint density at radius 1 is 0.905 bits per heavy atom. The quantitative estimate of drug-likeness (QED) is 0.441. The Kier molecular flexibility index (Phi) is 8.51. The minimum atomic E-state index is 0. The standard InChI is InChI=1S/C17H15.3ClH.Zr/c1-12-10-13(2)17(11-12)16-9-5-7-14-6-3-4-8-15(14)16;;;;/h3-9,11-12H,1-2H3;3*1H;/q;;;;+3/p-3. The fraction of sp³-hybridized carbons (Fsp3) is 0.176. The van der Waals surface area contributed by atoms with Gasteiger partial charge in [0.05, 0.1) is 0 Å². The summed E-state index contributed by atoms with van der Waals surface area (Å²) in [5, 5.41) is 2.69. The number of rotatable bonds is 1. The molecule has 1 aliphatic rings. The van der Waals surface area contributed by atoms with Gasteiger partial charge in [-0.1, -0.05) is 0 Å². The number of fused-ring (bicyclic) bond motifs is 1. The molecule has 0 amide bonds. The molecule has 0 fully saturated rings. The predicted octanol–water partition coefficient (Wildman–Crippen LogP) is -4.29. The van der Waals surface area contributed by atoms with Crippen LogP contribution in [0.4, 0.5) is 0 Å². The van der Waals surface area contributed by atoms with E-state index in [1.165, 1.54) is 27.5 Å². The van der Waals surface area contributed by atoms with Gasteiger partial charge in [-0.25, -0.2) is 0 Å². The first-order valence-electron chi connectivity index (χ1n) is 6.31. The Labute approximate surface area is 160 Å². The summed E-state index contributed by atoms with van der Waals surface area (Å²) >= 11 is 1.55. The van der Waals surface area contributed by atoms with Crippen molar-refractivity contribution in [1.29, 1.82) is 0 Å². The third-order valence-electron chi connectivity index (χ3n) is 3.76. The van der Waals surface area contributed by atoms with Crippen LogP contribution in [-0.4, -0.2) is 0 Å². The van der Waals surface area contributed by atoms with Gasteiger partial charge in [-0.05, 0) is 0 Å². The van der Waals surface area contributed by atoms with Gasteiger partial charge in [0.25, 0.3) is 0 Å². The maximum absolute atomic E-state index is 2.42. The SMILES string of the molecule is CC1=[C]([Zr+3])C(C)C=C1c1cccc2ccccc12.[Cl-].[Cl-].[Cl-]. The molecule has 1 aliphatic carbocycles. The molecule has 0 nitrogen and oxygen atoms in total. The van der Waals surface area contributed by atoms with Gasteiger partial charge in [-0.3, -0.25) is 0 Å². The van der Waals surface area contributed by atoms with Crippen molar-refractivity contribution in [2.45, 2.75) is 13.8 Å². The number of halogens is 3. The van der Waals surface area contributed by atoms with E-state index >= 15 is 0 Å². The fourth-order valence-electron chi connectivity index (χ4n) is 2.70. The molecule has 0 saturated heterocycles. The number of allylic oxidation sites excluding steroid dienone is 4. The molecular formula is C17H15Cl3Zr. The normalized spacial score (nSPS) is 16.8. The summed E-state index contributed by atoms with van der Waals surface area (Å²) in [7, 11) is 0. The van der Waals surface area contributed by atoms with Crippen LogP contribution in [0.5, 0.6) is 0 Å². The van der Waals surface area contributed by atoms with Crippen molar-refractivity contribution in [3.8, 4) is 0 Å². The van der Waals surface area contributed by atoms with Gasteiger partial charge in [0.2, 0.25) is 0 Å². The number of hydrogen-bond acceptors (Lipinski definition) is 0. The zero-order valence-electron chi connectivity index (χ0n) is 11.8. The minimum absolute atomic E-state index is 0. The summed E-state index contributed by atoms with van der Waals surface area (Å²) in [5.41, 5.74) is 4.30. The molecule has 0 N–H and O–H groups in total. The van der Waals surface area contributed by atoms with Crippen molar-refractivity contribution in [3.63, 3.8) is 0 Å². The maximum Gasteiger partial charge on any atom is -1.00 e. The van der Waals surface area contributed by atoms with Crippen molar-refractivity contribution in [2.24, 2.45) is 5.92 Å². The number of hydrogen-bond donors (Lipinski definition) is 0. The monoisotopic (exact) mass is 414 g/mol. The molecule has 0 aromatic heterocycles. The molecule has 3 rings (SSSR count). The van der Waals surface area contributed by atoms with Crippen LogP contribution in [0.1, 0.15) is 19.4 Å². The zero-order valence-corrected chi connectivity index (χ0v) is 16.6. The van der Waals surface area contributed by atoms with Gasteiger partial charge in [-0.2, -0.15) is 0 Å². The van der Waals surface area contributed by atoms with Crippen LogP contribution >= 0.6 is 0 Å². The van der Waals surface area contributed by atoms with Gasteiger partial charge < -0.3 is 37.2 Å². The van der Waals surface area contributed by atoms with Crippen LogP contribution < -0.4 is 37.2 Å². The van der Waals surface area contributed by atoms with E-state index in [1.807, 2.05) is 0 Å². The Bertz CT molecular complexity index is 684. The third-order valence-corrected chi connectivity index (χ3v) is 5.80. The molecule has 0 aliphatic heterocycles. The molecule has 4 heteroatoms. The van der Waals surface area contributed by atoms with Gasteiger partial charge in [-0.15, -0.1) is 0 Å². The van der Waals surface area contributed by atoms with Crippen molar-refractivity contribution in [2.75, 3.05) is 0 Å².